The van der Waals surface area contributed by atoms with Crippen molar-refractivity contribution in [3.05, 3.63) is 47.7 Å². The minimum Gasteiger partial charge on any atom is -0.333 e. The number of benzene rings is 1. The van der Waals surface area contributed by atoms with Crippen LogP contribution in [0.15, 0.2) is 24.7 Å². The SMILES string of the molecule is Cc1ncc2ncnc(Nc3c(F)ccc(C)c3F)c2n1. The normalized spacial score (nSPS) is 10.9. The molecule has 0 spiro atoms. The molecular weight excluding hydrogens is 276 g/mol. The molecule has 0 saturated heterocycles. The highest BCUT2D eigenvalue weighted by Gasteiger charge is 2.14. The lowest BCUT2D eigenvalue weighted by Crippen LogP contribution is -2.03. The van der Waals surface area contributed by atoms with Crippen LogP contribution < -0.4 is 5.32 Å². The largest absolute Gasteiger partial charge is 0.333 e. The van der Waals surface area contributed by atoms with Crippen LogP contribution in [0.1, 0.15) is 11.4 Å². The second kappa shape index (κ2) is 5.01. The van der Waals surface area contributed by atoms with Crippen molar-refractivity contribution in [1.82, 2.24) is 19.9 Å². The molecule has 106 valence electrons. The third kappa shape index (κ3) is 2.37. The summed E-state index contributed by atoms with van der Waals surface area (Å²) >= 11 is 0. The summed E-state index contributed by atoms with van der Waals surface area (Å²) in [6.45, 7) is 3.27. The van der Waals surface area contributed by atoms with Crippen molar-refractivity contribution < 1.29 is 8.78 Å². The number of aromatic nitrogens is 4. The molecule has 0 amide bonds. The zero-order valence-corrected chi connectivity index (χ0v) is 11.4. The van der Waals surface area contributed by atoms with E-state index >= 15 is 0 Å². The van der Waals surface area contributed by atoms with E-state index in [4.69, 9.17) is 0 Å². The van der Waals surface area contributed by atoms with Gasteiger partial charge in [-0.25, -0.2) is 28.7 Å². The summed E-state index contributed by atoms with van der Waals surface area (Å²) in [7, 11) is 0. The molecule has 0 fully saturated rings. The third-order valence-corrected chi connectivity index (χ3v) is 3.03. The molecule has 1 N–H and O–H groups in total. The number of aryl methyl sites for hydroxylation is 2. The van der Waals surface area contributed by atoms with Gasteiger partial charge in [0, 0.05) is 0 Å². The number of anilines is 2. The summed E-state index contributed by atoms with van der Waals surface area (Å²) in [5, 5.41) is 2.66. The number of halogens is 2. The van der Waals surface area contributed by atoms with E-state index in [9.17, 15) is 8.78 Å². The summed E-state index contributed by atoms with van der Waals surface area (Å²) in [5.41, 5.74) is 0.978. The van der Waals surface area contributed by atoms with Crippen molar-refractivity contribution in [2.45, 2.75) is 13.8 Å². The molecule has 7 heteroatoms. The average molecular weight is 287 g/mol. The van der Waals surface area contributed by atoms with Gasteiger partial charge in [-0.1, -0.05) is 6.07 Å². The maximum Gasteiger partial charge on any atom is 0.160 e. The summed E-state index contributed by atoms with van der Waals surface area (Å²) in [5.74, 6) is -0.609. The van der Waals surface area contributed by atoms with Crippen molar-refractivity contribution in [3.63, 3.8) is 0 Å². The van der Waals surface area contributed by atoms with Crippen molar-refractivity contribution in [3.8, 4) is 0 Å². The first-order valence-electron chi connectivity index (χ1n) is 6.22. The van der Waals surface area contributed by atoms with Crippen LogP contribution in [0.5, 0.6) is 0 Å². The lowest BCUT2D eigenvalue weighted by molar-refractivity contribution is 0.585. The second-order valence-corrected chi connectivity index (χ2v) is 4.55. The molecule has 21 heavy (non-hydrogen) atoms. The summed E-state index contributed by atoms with van der Waals surface area (Å²) < 4.78 is 27.9. The number of hydrogen-bond donors (Lipinski definition) is 1. The van der Waals surface area contributed by atoms with Crippen LogP contribution in [0, 0.1) is 25.5 Å². The van der Waals surface area contributed by atoms with Gasteiger partial charge in [-0.15, -0.1) is 0 Å². The van der Waals surface area contributed by atoms with Crippen LogP contribution in [0.4, 0.5) is 20.3 Å². The molecule has 0 radical (unpaired) electrons. The first-order valence-corrected chi connectivity index (χ1v) is 6.22. The van der Waals surface area contributed by atoms with Crippen molar-refractivity contribution in [2.24, 2.45) is 0 Å². The highest BCUT2D eigenvalue weighted by Crippen LogP contribution is 2.27. The van der Waals surface area contributed by atoms with E-state index in [2.05, 4.69) is 25.3 Å². The molecule has 1 aromatic carbocycles. The maximum absolute atomic E-state index is 14.0. The zero-order valence-electron chi connectivity index (χ0n) is 11.4. The Kier molecular flexibility index (Phi) is 3.17. The Morgan fingerprint density at radius 1 is 1.05 bits per heavy atom. The van der Waals surface area contributed by atoms with Gasteiger partial charge < -0.3 is 5.32 Å². The highest BCUT2D eigenvalue weighted by atomic mass is 19.1. The average Bonchev–Trinajstić information content (AvgIpc) is 2.48. The van der Waals surface area contributed by atoms with E-state index in [1.165, 1.54) is 24.7 Å². The van der Waals surface area contributed by atoms with Crippen LogP contribution in [-0.2, 0) is 0 Å². The summed E-state index contributed by atoms with van der Waals surface area (Å²) in [6.07, 6.45) is 2.82. The molecule has 2 heterocycles. The van der Waals surface area contributed by atoms with Crippen molar-refractivity contribution >= 4 is 22.5 Å². The second-order valence-electron chi connectivity index (χ2n) is 4.55. The number of hydrogen-bond acceptors (Lipinski definition) is 5. The van der Waals surface area contributed by atoms with Crippen molar-refractivity contribution in [1.29, 1.82) is 0 Å². The van der Waals surface area contributed by atoms with E-state index in [-0.39, 0.29) is 11.5 Å². The quantitative estimate of drug-likeness (QED) is 0.784. The number of fused-ring (bicyclic) bond motifs is 1. The molecule has 0 bridgehead atoms. The molecule has 0 saturated carbocycles. The summed E-state index contributed by atoms with van der Waals surface area (Å²) in [6, 6.07) is 2.57. The third-order valence-electron chi connectivity index (χ3n) is 3.03. The Hall–Kier alpha value is -2.70. The van der Waals surface area contributed by atoms with Gasteiger partial charge in [-0.05, 0) is 25.5 Å². The molecule has 0 unspecified atom stereocenters. The van der Waals surface area contributed by atoms with Gasteiger partial charge >= 0.3 is 0 Å². The minimum absolute atomic E-state index is 0.230. The Labute approximate surface area is 119 Å². The number of nitrogens with zero attached hydrogens (tertiary/aromatic N) is 4. The predicted molar refractivity (Wildman–Crippen MR) is 74.2 cm³/mol. The van der Waals surface area contributed by atoms with Crippen molar-refractivity contribution in [2.75, 3.05) is 5.32 Å². The molecular formula is C14H11F2N5. The first-order chi connectivity index (χ1) is 10.1. The molecule has 2 aromatic heterocycles. The highest BCUT2D eigenvalue weighted by molar-refractivity contribution is 5.86. The zero-order chi connectivity index (χ0) is 15.0. The topological polar surface area (TPSA) is 63.6 Å². The Balaban J connectivity index is 2.15. The van der Waals surface area contributed by atoms with Crippen LogP contribution in [0.2, 0.25) is 0 Å². The fraction of sp³-hybridized carbons (Fsp3) is 0.143. The van der Waals surface area contributed by atoms with E-state index < -0.39 is 11.6 Å². The van der Waals surface area contributed by atoms with Crippen LogP contribution in [0.25, 0.3) is 11.0 Å². The standard InChI is InChI=1S/C14H11F2N5/c1-7-3-4-9(15)12(11(7)16)21-14-13-10(18-6-19-14)5-17-8(2)20-13/h3-6H,1-2H3,(H,18,19,21). The van der Waals surface area contributed by atoms with Gasteiger partial charge in [0.25, 0.3) is 0 Å². The molecule has 3 rings (SSSR count). The van der Waals surface area contributed by atoms with Crippen LogP contribution in [0.3, 0.4) is 0 Å². The van der Waals surface area contributed by atoms with E-state index in [0.29, 0.717) is 22.4 Å². The van der Waals surface area contributed by atoms with Gasteiger partial charge in [-0.3, -0.25) is 0 Å². The molecule has 3 aromatic rings. The van der Waals surface area contributed by atoms with Gasteiger partial charge in [0.05, 0.1) is 6.20 Å². The molecule has 0 aliphatic rings. The van der Waals surface area contributed by atoms with E-state index in [0.717, 1.165) is 0 Å². The molecule has 5 nitrogen and oxygen atoms in total. The number of nitrogens with one attached hydrogen (secondary N) is 1. The molecule has 0 aliphatic carbocycles. The fourth-order valence-corrected chi connectivity index (χ4v) is 1.92. The van der Waals surface area contributed by atoms with Gasteiger partial charge in [0.2, 0.25) is 0 Å². The monoisotopic (exact) mass is 287 g/mol. The fourth-order valence-electron chi connectivity index (χ4n) is 1.92. The lowest BCUT2D eigenvalue weighted by Gasteiger charge is -2.10. The smallest absolute Gasteiger partial charge is 0.160 e. The Bertz CT molecular complexity index is 835. The first kappa shape index (κ1) is 13.3. The van der Waals surface area contributed by atoms with E-state index in [1.807, 2.05) is 0 Å². The number of rotatable bonds is 2. The summed E-state index contributed by atoms with van der Waals surface area (Å²) in [4.78, 5) is 16.3. The van der Waals surface area contributed by atoms with E-state index in [1.54, 1.807) is 13.8 Å². The molecule has 0 aliphatic heterocycles. The lowest BCUT2D eigenvalue weighted by atomic mass is 10.2. The Morgan fingerprint density at radius 3 is 2.67 bits per heavy atom. The van der Waals surface area contributed by atoms with Crippen LogP contribution in [-0.4, -0.2) is 19.9 Å². The molecule has 0 atom stereocenters. The van der Waals surface area contributed by atoms with Crippen LogP contribution >= 0.6 is 0 Å². The Morgan fingerprint density at radius 2 is 1.86 bits per heavy atom. The maximum atomic E-state index is 14.0. The minimum atomic E-state index is -0.698. The van der Waals surface area contributed by atoms with Gasteiger partial charge in [0.1, 0.15) is 34.7 Å². The van der Waals surface area contributed by atoms with Gasteiger partial charge in [-0.2, -0.15) is 0 Å². The van der Waals surface area contributed by atoms with Gasteiger partial charge in [0.15, 0.2) is 11.6 Å². The predicted octanol–water partition coefficient (Wildman–Crippen LogP) is 3.06.